The van der Waals surface area contributed by atoms with Gasteiger partial charge in [-0.1, -0.05) is 48.5 Å². The molecule has 1 aliphatic heterocycles. The minimum absolute atomic E-state index is 0.0102. The second-order valence-corrected chi connectivity index (χ2v) is 7.80. The molecule has 0 bridgehead atoms. The fourth-order valence-electron chi connectivity index (χ4n) is 3.25. The first kappa shape index (κ1) is 20.7. The van der Waals surface area contributed by atoms with Gasteiger partial charge in [-0.05, 0) is 25.8 Å². The Hall–Kier alpha value is -2.06. The van der Waals surface area contributed by atoms with Crippen LogP contribution in [0.4, 0.5) is 5.95 Å². The van der Waals surface area contributed by atoms with Crippen LogP contribution in [0.5, 0.6) is 0 Å². The summed E-state index contributed by atoms with van der Waals surface area (Å²) in [6, 6.07) is 8.35. The molecule has 7 nitrogen and oxygen atoms in total. The summed E-state index contributed by atoms with van der Waals surface area (Å²) < 4.78 is 7.48. The highest BCUT2D eigenvalue weighted by Gasteiger charge is 2.21. The number of carbonyl (C=O) groups is 1. The number of thioether (sulfide) groups is 1. The first-order chi connectivity index (χ1) is 13.6. The molecule has 3 rings (SSSR count). The second kappa shape index (κ2) is 9.93. The third-order valence-electron chi connectivity index (χ3n) is 4.86. The van der Waals surface area contributed by atoms with Gasteiger partial charge in [-0.25, -0.2) is 0 Å². The van der Waals surface area contributed by atoms with Gasteiger partial charge in [-0.2, -0.15) is 0 Å². The maximum atomic E-state index is 12.5. The Balaban J connectivity index is 1.59. The number of amides is 1. The quantitative estimate of drug-likeness (QED) is 0.684. The molecule has 2 aromatic rings. The zero-order valence-corrected chi connectivity index (χ0v) is 17.7. The smallest absolute Gasteiger partial charge is 0.230 e. The number of ether oxygens (including phenoxy) is 1. The fraction of sp³-hybridized carbons (Fsp3) is 0.550. The maximum absolute atomic E-state index is 12.5. The van der Waals surface area contributed by atoms with E-state index in [1.165, 1.54) is 17.3 Å². The number of aryl methyl sites for hydroxylation is 1. The molecule has 1 aromatic heterocycles. The summed E-state index contributed by atoms with van der Waals surface area (Å²) in [5, 5.41) is 12.6. The average molecular weight is 404 g/mol. The van der Waals surface area contributed by atoms with E-state index in [1.807, 2.05) is 0 Å². The number of aromatic nitrogens is 3. The molecular weight excluding hydrogens is 374 g/mol. The molecule has 152 valence electrons. The van der Waals surface area contributed by atoms with Gasteiger partial charge in [-0.15, -0.1) is 10.2 Å². The highest BCUT2D eigenvalue weighted by Crippen LogP contribution is 2.23. The summed E-state index contributed by atoms with van der Waals surface area (Å²) >= 11 is 1.43. The van der Waals surface area contributed by atoms with Crippen LogP contribution < -0.4 is 10.2 Å². The van der Waals surface area contributed by atoms with Crippen molar-refractivity contribution >= 4 is 23.6 Å². The lowest BCUT2D eigenvalue weighted by Crippen LogP contribution is -2.38. The molecule has 0 radical (unpaired) electrons. The molecule has 1 fully saturated rings. The average Bonchev–Trinajstić information content (AvgIpc) is 3.15. The van der Waals surface area contributed by atoms with Gasteiger partial charge in [-0.3, -0.25) is 9.36 Å². The SMILES string of the molecule is CC[C@@H](NC(=O)CSc1nnc(N2CCOCC2)n1CC)c1ccc(C)cc1. The summed E-state index contributed by atoms with van der Waals surface area (Å²) in [6.45, 7) is 10.0. The monoisotopic (exact) mass is 403 g/mol. The van der Waals surface area contributed by atoms with Crippen molar-refractivity contribution in [2.75, 3.05) is 37.0 Å². The van der Waals surface area contributed by atoms with Crippen molar-refractivity contribution < 1.29 is 9.53 Å². The number of anilines is 1. The molecule has 1 atom stereocenters. The Bertz CT molecular complexity index is 771. The normalized spacial score (nSPS) is 15.5. The maximum Gasteiger partial charge on any atom is 0.230 e. The van der Waals surface area contributed by atoms with Crippen LogP contribution in [0.25, 0.3) is 0 Å². The largest absolute Gasteiger partial charge is 0.378 e. The topological polar surface area (TPSA) is 72.3 Å². The van der Waals surface area contributed by atoms with E-state index in [0.29, 0.717) is 19.0 Å². The molecule has 0 unspecified atom stereocenters. The molecule has 1 aliphatic rings. The van der Waals surface area contributed by atoms with Gasteiger partial charge in [0.2, 0.25) is 11.9 Å². The predicted molar refractivity (Wildman–Crippen MR) is 112 cm³/mol. The summed E-state index contributed by atoms with van der Waals surface area (Å²) in [6.07, 6.45) is 0.853. The van der Waals surface area contributed by atoms with Crippen LogP contribution in [-0.2, 0) is 16.1 Å². The summed E-state index contributed by atoms with van der Waals surface area (Å²) in [4.78, 5) is 14.7. The van der Waals surface area contributed by atoms with Gasteiger partial charge in [0.1, 0.15) is 0 Å². The number of nitrogens with zero attached hydrogens (tertiary/aromatic N) is 4. The Kier molecular flexibility index (Phi) is 7.33. The molecule has 8 heteroatoms. The van der Waals surface area contributed by atoms with Crippen LogP contribution in [0.2, 0.25) is 0 Å². The van der Waals surface area contributed by atoms with Crippen molar-refractivity contribution in [3.05, 3.63) is 35.4 Å². The molecule has 28 heavy (non-hydrogen) atoms. The van der Waals surface area contributed by atoms with Crippen molar-refractivity contribution in [1.82, 2.24) is 20.1 Å². The zero-order chi connectivity index (χ0) is 19.9. The van der Waals surface area contributed by atoms with Crippen LogP contribution in [0.3, 0.4) is 0 Å². The molecule has 1 amide bonds. The van der Waals surface area contributed by atoms with Crippen LogP contribution in [0, 0.1) is 6.92 Å². The first-order valence-corrected chi connectivity index (χ1v) is 10.9. The molecule has 1 N–H and O–H groups in total. The van der Waals surface area contributed by atoms with Gasteiger partial charge in [0.15, 0.2) is 5.16 Å². The molecule has 1 saturated heterocycles. The number of benzene rings is 1. The van der Waals surface area contributed by atoms with E-state index < -0.39 is 0 Å². The predicted octanol–water partition coefficient (Wildman–Crippen LogP) is 2.80. The summed E-state index contributed by atoms with van der Waals surface area (Å²) in [5.41, 5.74) is 2.35. The van der Waals surface area contributed by atoms with E-state index in [-0.39, 0.29) is 11.9 Å². The summed E-state index contributed by atoms with van der Waals surface area (Å²) in [7, 11) is 0. The Morgan fingerprint density at radius 3 is 2.57 bits per heavy atom. The lowest BCUT2D eigenvalue weighted by molar-refractivity contribution is -0.119. The third-order valence-corrected chi connectivity index (χ3v) is 5.83. The minimum Gasteiger partial charge on any atom is -0.378 e. The van der Waals surface area contributed by atoms with E-state index in [9.17, 15) is 4.79 Å². The van der Waals surface area contributed by atoms with Crippen molar-refractivity contribution in [2.24, 2.45) is 0 Å². The molecule has 0 saturated carbocycles. The third kappa shape index (κ3) is 5.05. The van der Waals surface area contributed by atoms with Gasteiger partial charge in [0.25, 0.3) is 0 Å². The number of carbonyl (C=O) groups excluding carboxylic acids is 1. The van der Waals surface area contributed by atoms with Gasteiger partial charge < -0.3 is 15.0 Å². The van der Waals surface area contributed by atoms with Gasteiger partial charge in [0, 0.05) is 19.6 Å². The van der Waals surface area contributed by atoms with E-state index in [0.717, 1.165) is 42.7 Å². The van der Waals surface area contributed by atoms with Crippen LogP contribution in [-0.4, -0.2) is 52.7 Å². The van der Waals surface area contributed by atoms with Gasteiger partial charge in [0.05, 0.1) is 25.0 Å². The van der Waals surface area contributed by atoms with Crippen molar-refractivity contribution in [3.8, 4) is 0 Å². The number of rotatable bonds is 8. The lowest BCUT2D eigenvalue weighted by Gasteiger charge is -2.27. The van der Waals surface area contributed by atoms with Gasteiger partial charge >= 0.3 is 0 Å². The van der Waals surface area contributed by atoms with E-state index in [2.05, 4.69) is 70.0 Å². The molecule has 1 aromatic carbocycles. The molecular formula is C20H29N5O2S. The van der Waals surface area contributed by atoms with Crippen molar-refractivity contribution in [1.29, 1.82) is 0 Å². The Morgan fingerprint density at radius 1 is 1.21 bits per heavy atom. The van der Waals surface area contributed by atoms with Crippen molar-refractivity contribution in [3.63, 3.8) is 0 Å². The molecule has 2 heterocycles. The van der Waals surface area contributed by atoms with Crippen LogP contribution >= 0.6 is 11.8 Å². The van der Waals surface area contributed by atoms with E-state index >= 15 is 0 Å². The number of nitrogens with one attached hydrogen (secondary N) is 1. The number of morpholine rings is 1. The summed E-state index contributed by atoms with van der Waals surface area (Å²) in [5.74, 6) is 1.19. The van der Waals surface area contributed by atoms with E-state index in [1.54, 1.807) is 0 Å². The fourth-order valence-corrected chi connectivity index (χ4v) is 4.06. The lowest BCUT2D eigenvalue weighted by atomic mass is 10.0. The highest BCUT2D eigenvalue weighted by atomic mass is 32.2. The standard InChI is InChI=1S/C20H29N5O2S/c1-4-17(16-8-6-15(3)7-9-16)21-18(26)14-28-20-23-22-19(25(20)5-2)24-10-12-27-13-11-24/h6-9,17H,4-5,10-14H2,1-3H3,(H,21,26)/t17-/m1/s1. The van der Waals surface area contributed by atoms with Crippen molar-refractivity contribution in [2.45, 2.75) is 44.9 Å². The molecule has 0 spiro atoms. The molecule has 0 aliphatic carbocycles. The zero-order valence-electron chi connectivity index (χ0n) is 16.9. The minimum atomic E-state index is 0.0102. The highest BCUT2D eigenvalue weighted by molar-refractivity contribution is 7.99. The van der Waals surface area contributed by atoms with Crippen LogP contribution in [0.15, 0.2) is 29.4 Å². The first-order valence-electron chi connectivity index (χ1n) is 9.87. The number of hydrogen-bond acceptors (Lipinski definition) is 6. The Labute approximate surface area is 170 Å². The second-order valence-electron chi connectivity index (χ2n) is 6.85. The Morgan fingerprint density at radius 2 is 1.93 bits per heavy atom. The van der Waals surface area contributed by atoms with E-state index in [4.69, 9.17) is 4.74 Å². The van der Waals surface area contributed by atoms with Crippen LogP contribution in [0.1, 0.15) is 37.4 Å². The number of hydrogen-bond donors (Lipinski definition) is 1.